The zero-order chi connectivity index (χ0) is 20.6. The summed E-state index contributed by atoms with van der Waals surface area (Å²) in [6, 6.07) is 17.6. The predicted octanol–water partition coefficient (Wildman–Crippen LogP) is 4.14. The predicted molar refractivity (Wildman–Crippen MR) is 110 cm³/mol. The van der Waals surface area contributed by atoms with E-state index in [0.717, 1.165) is 11.1 Å². The van der Waals surface area contributed by atoms with Crippen LogP contribution in [0.25, 0.3) is 0 Å². The van der Waals surface area contributed by atoms with E-state index >= 15 is 0 Å². The minimum Gasteiger partial charge on any atom is -0.319 e. The second-order valence-corrected chi connectivity index (χ2v) is 8.78. The Balaban J connectivity index is 1.62. The highest BCUT2D eigenvalue weighted by atomic mass is 32.2. The molecule has 1 aliphatic heterocycles. The van der Waals surface area contributed by atoms with E-state index in [9.17, 15) is 17.6 Å². The molecular formula is C22H19FN2O3S. The highest BCUT2D eigenvalue weighted by Gasteiger charge is 2.31. The lowest BCUT2D eigenvalue weighted by Gasteiger charge is -2.20. The van der Waals surface area contributed by atoms with E-state index in [1.807, 2.05) is 12.1 Å². The number of hydrogen-bond donors (Lipinski definition) is 1. The van der Waals surface area contributed by atoms with E-state index in [0.29, 0.717) is 18.7 Å². The second-order valence-electron chi connectivity index (χ2n) is 6.92. The van der Waals surface area contributed by atoms with Crippen LogP contribution in [0.3, 0.4) is 0 Å². The van der Waals surface area contributed by atoms with E-state index in [2.05, 4.69) is 5.32 Å². The molecule has 3 aromatic rings. The number of sulfonamides is 1. The molecule has 29 heavy (non-hydrogen) atoms. The number of nitrogens with zero attached hydrogens (tertiary/aromatic N) is 1. The number of fused-ring (bicyclic) bond motifs is 1. The molecule has 1 N–H and O–H groups in total. The zero-order valence-electron chi connectivity index (χ0n) is 15.7. The third kappa shape index (κ3) is 3.61. The monoisotopic (exact) mass is 410 g/mol. The van der Waals surface area contributed by atoms with E-state index in [1.54, 1.807) is 25.1 Å². The van der Waals surface area contributed by atoms with Gasteiger partial charge in [0.15, 0.2) is 0 Å². The highest BCUT2D eigenvalue weighted by Crippen LogP contribution is 2.32. The van der Waals surface area contributed by atoms with Gasteiger partial charge in [0.1, 0.15) is 5.82 Å². The van der Waals surface area contributed by atoms with Crippen LogP contribution in [0.4, 0.5) is 15.8 Å². The fraction of sp³-hybridized carbons (Fsp3) is 0.136. The maximum Gasteiger partial charge on any atom is 0.264 e. The Morgan fingerprint density at radius 2 is 1.83 bits per heavy atom. The number of carbonyl (C=O) groups excluding carboxylic acids is 1. The Labute approximate surface area is 168 Å². The summed E-state index contributed by atoms with van der Waals surface area (Å²) in [6.07, 6.45) is 0.641. The van der Waals surface area contributed by atoms with Crippen molar-refractivity contribution >= 4 is 27.3 Å². The van der Waals surface area contributed by atoms with Crippen molar-refractivity contribution in [2.45, 2.75) is 18.2 Å². The summed E-state index contributed by atoms with van der Waals surface area (Å²) in [5.74, 6) is -1.12. The molecule has 1 heterocycles. The van der Waals surface area contributed by atoms with Crippen LogP contribution in [0.1, 0.15) is 21.5 Å². The molecule has 3 aromatic carbocycles. The molecule has 0 radical (unpaired) electrons. The van der Waals surface area contributed by atoms with E-state index in [4.69, 9.17) is 0 Å². The van der Waals surface area contributed by atoms with Gasteiger partial charge in [-0.1, -0.05) is 30.3 Å². The van der Waals surface area contributed by atoms with E-state index in [-0.39, 0.29) is 16.1 Å². The number of benzene rings is 3. The lowest BCUT2D eigenvalue weighted by molar-refractivity contribution is 0.102. The minimum absolute atomic E-state index is 0.0197. The maximum atomic E-state index is 14.0. The molecule has 1 amide bonds. The lowest BCUT2D eigenvalue weighted by atomic mass is 10.2. The average molecular weight is 410 g/mol. The van der Waals surface area contributed by atoms with Gasteiger partial charge in [-0.15, -0.1) is 0 Å². The first-order valence-electron chi connectivity index (χ1n) is 9.14. The van der Waals surface area contributed by atoms with Crippen molar-refractivity contribution in [3.8, 4) is 0 Å². The number of rotatable bonds is 4. The Morgan fingerprint density at radius 1 is 1.03 bits per heavy atom. The molecular weight excluding hydrogens is 391 g/mol. The normalized spacial score (nSPS) is 13.2. The second kappa shape index (κ2) is 7.33. The van der Waals surface area contributed by atoms with E-state index in [1.165, 1.54) is 40.7 Å². The molecule has 0 fully saturated rings. The maximum absolute atomic E-state index is 14.0. The molecule has 0 aromatic heterocycles. The number of nitrogens with one attached hydrogen (secondary N) is 1. The fourth-order valence-electron chi connectivity index (χ4n) is 3.40. The topological polar surface area (TPSA) is 66.5 Å². The number of amides is 1. The number of hydrogen-bond acceptors (Lipinski definition) is 3. The largest absolute Gasteiger partial charge is 0.319 e. The minimum atomic E-state index is -3.82. The molecule has 7 heteroatoms. The Morgan fingerprint density at radius 3 is 2.62 bits per heavy atom. The van der Waals surface area contributed by atoms with Crippen molar-refractivity contribution in [1.29, 1.82) is 0 Å². The van der Waals surface area contributed by atoms with E-state index < -0.39 is 21.7 Å². The number of anilines is 2. The van der Waals surface area contributed by atoms with Gasteiger partial charge in [-0.05, 0) is 60.9 Å². The number of halogens is 1. The third-order valence-corrected chi connectivity index (χ3v) is 6.71. The van der Waals surface area contributed by atoms with Crippen LogP contribution < -0.4 is 9.62 Å². The molecule has 0 bridgehead atoms. The molecule has 0 saturated carbocycles. The summed E-state index contributed by atoms with van der Waals surface area (Å²) in [6.45, 7) is 2.10. The van der Waals surface area contributed by atoms with Crippen LogP contribution in [0.15, 0.2) is 71.6 Å². The lowest BCUT2D eigenvalue weighted by Crippen LogP contribution is -2.29. The van der Waals surface area contributed by atoms with Crippen LogP contribution in [-0.4, -0.2) is 20.9 Å². The van der Waals surface area contributed by atoms with Gasteiger partial charge >= 0.3 is 0 Å². The van der Waals surface area contributed by atoms with Gasteiger partial charge in [0, 0.05) is 12.1 Å². The number of carbonyl (C=O) groups is 1. The molecule has 0 saturated heterocycles. The average Bonchev–Trinajstić information content (AvgIpc) is 3.15. The third-order valence-electron chi connectivity index (χ3n) is 4.90. The van der Waals surface area contributed by atoms with Crippen molar-refractivity contribution in [2.75, 3.05) is 16.2 Å². The van der Waals surface area contributed by atoms with Crippen molar-refractivity contribution in [1.82, 2.24) is 0 Å². The SMILES string of the molecule is Cc1ccc(NC(=O)c2cccc(S(=O)(=O)N3CCc4ccccc43)c2)c(F)c1. The Hall–Kier alpha value is -3.19. The Bertz CT molecular complexity index is 1210. The van der Waals surface area contributed by atoms with Crippen LogP contribution >= 0.6 is 0 Å². The molecule has 5 nitrogen and oxygen atoms in total. The van der Waals surface area contributed by atoms with Crippen LogP contribution in [0.5, 0.6) is 0 Å². The van der Waals surface area contributed by atoms with Crippen LogP contribution in [-0.2, 0) is 16.4 Å². The van der Waals surface area contributed by atoms with Crippen molar-refractivity contribution in [3.05, 3.63) is 89.2 Å². The van der Waals surface area contributed by atoms with Gasteiger partial charge in [0.2, 0.25) is 0 Å². The van der Waals surface area contributed by atoms with Gasteiger partial charge in [0.05, 0.1) is 16.3 Å². The standard InChI is InChI=1S/C22H19FN2O3S/c1-15-9-10-20(19(23)13-15)24-22(26)17-6-4-7-18(14-17)29(27,28)25-12-11-16-5-2-3-8-21(16)25/h2-10,13-14H,11-12H2,1H3,(H,24,26). The summed E-state index contributed by atoms with van der Waals surface area (Å²) in [5, 5.41) is 2.50. The quantitative estimate of drug-likeness (QED) is 0.703. The van der Waals surface area contributed by atoms with Crippen LogP contribution in [0.2, 0.25) is 0 Å². The summed E-state index contributed by atoms with van der Waals surface area (Å²) in [4.78, 5) is 12.6. The summed E-state index contributed by atoms with van der Waals surface area (Å²) >= 11 is 0. The summed E-state index contributed by atoms with van der Waals surface area (Å²) < 4.78 is 41.7. The van der Waals surface area contributed by atoms with Gasteiger partial charge in [0.25, 0.3) is 15.9 Å². The fourth-order valence-corrected chi connectivity index (χ4v) is 4.95. The van der Waals surface area contributed by atoms with Gasteiger partial charge in [-0.25, -0.2) is 12.8 Å². The molecule has 4 rings (SSSR count). The first-order chi connectivity index (χ1) is 13.9. The summed E-state index contributed by atoms with van der Waals surface area (Å²) in [7, 11) is -3.82. The smallest absolute Gasteiger partial charge is 0.264 e. The molecule has 0 atom stereocenters. The van der Waals surface area contributed by atoms with Gasteiger partial charge in [-0.2, -0.15) is 0 Å². The van der Waals surface area contributed by atoms with Gasteiger partial charge < -0.3 is 5.32 Å². The zero-order valence-corrected chi connectivity index (χ0v) is 16.5. The van der Waals surface area contributed by atoms with Crippen molar-refractivity contribution in [3.63, 3.8) is 0 Å². The molecule has 0 aliphatic carbocycles. The Kier molecular flexibility index (Phi) is 4.84. The molecule has 0 spiro atoms. The van der Waals surface area contributed by atoms with Gasteiger partial charge in [-0.3, -0.25) is 9.10 Å². The molecule has 1 aliphatic rings. The highest BCUT2D eigenvalue weighted by molar-refractivity contribution is 7.92. The number of aryl methyl sites for hydroxylation is 1. The molecule has 0 unspecified atom stereocenters. The summed E-state index contributed by atoms with van der Waals surface area (Å²) in [5.41, 5.74) is 2.55. The van der Waals surface area contributed by atoms with Crippen LogP contribution in [0, 0.1) is 12.7 Å². The number of para-hydroxylation sites is 1. The molecule has 148 valence electrons. The van der Waals surface area contributed by atoms with Crippen molar-refractivity contribution in [2.24, 2.45) is 0 Å². The first kappa shape index (κ1) is 19.1. The van der Waals surface area contributed by atoms with Crippen molar-refractivity contribution < 1.29 is 17.6 Å². The first-order valence-corrected chi connectivity index (χ1v) is 10.6.